The van der Waals surface area contributed by atoms with Crippen LogP contribution in [0.4, 0.5) is 0 Å². The lowest BCUT2D eigenvalue weighted by molar-refractivity contribution is 0.0774. The van der Waals surface area contributed by atoms with Crippen LogP contribution < -0.4 is 0 Å². The van der Waals surface area contributed by atoms with Crippen LogP contribution in [0.25, 0.3) is 0 Å². The Morgan fingerprint density at radius 1 is 1.67 bits per heavy atom. The maximum Gasteiger partial charge on any atom is 0.257 e. The van der Waals surface area contributed by atoms with Crippen LogP contribution >= 0.6 is 0 Å². The van der Waals surface area contributed by atoms with E-state index in [4.69, 9.17) is 0 Å². The van der Waals surface area contributed by atoms with E-state index in [0.717, 1.165) is 18.7 Å². The number of H-pyrrole nitrogens is 1. The number of carbonyl (C=O) groups is 1. The summed E-state index contributed by atoms with van der Waals surface area (Å²) in [7, 11) is 1.83. The molecular weight excluding hydrogens is 190 g/mol. The van der Waals surface area contributed by atoms with E-state index in [0.29, 0.717) is 11.5 Å². The van der Waals surface area contributed by atoms with E-state index in [2.05, 4.69) is 24.0 Å². The fourth-order valence-corrected chi connectivity index (χ4v) is 1.45. The average molecular weight is 209 g/mol. The van der Waals surface area contributed by atoms with Gasteiger partial charge in [-0.2, -0.15) is 5.10 Å². The minimum Gasteiger partial charge on any atom is -0.341 e. The lowest BCUT2D eigenvalue weighted by Crippen LogP contribution is -2.31. The Kier molecular flexibility index (Phi) is 3.88. The third-order valence-corrected chi connectivity index (χ3v) is 2.69. The summed E-state index contributed by atoms with van der Waals surface area (Å²) in [4.78, 5) is 13.7. The van der Waals surface area contributed by atoms with Gasteiger partial charge in [-0.25, -0.2) is 0 Å². The summed E-state index contributed by atoms with van der Waals surface area (Å²) in [6.45, 7) is 6.93. The smallest absolute Gasteiger partial charge is 0.257 e. The number of nitrogens with one attached hydrogen (secondary N) is 1. The molecule has 15 heavy (non-hydrogen) atoms. The zero-order valence-electron chi connectivity index (χ0n) is 9.87. The Balaban J connectivity index is 2.65. The lowest BCUT2D eigenvalue weighted by atomic mass is 10.1. The molecule has 0 saturated heterocycles. The summed E-state index contributed by atoms with van der Waals surface area (Å²) in [6.07, 6.45) is 2.67. The summed E-state index contributed by atoms with van der Waals surface area (Å²) < 4.78 is 0. The molecule has 0 spiro atoms. The second-order valence-corrected chi connectivity index (χ2v) is 4.11. The van der Waals surface area contributed by atoms with E-state index in [1.807, 2.05) is 14.0 Å². The van der Waals surface area contributed by atoms with Crippen molar-refractivity contribution in [3.63, 3.8) is 0 Å². The molecule has 84 valence electrons. The number of carbonyl (C=O) groups excluding carboxylic acids is 1. The predicted molar refractivity (Wildman–Crippen MR) is 59.7 cm³/mol. The van der Waals surface area contributed by atoms with Crippen LogP contribution in [0.5, 0.6) is 0 Å². The summed E-state index contributed by atoms with van der Waals surface area (Å²) >= 11 is 0. The molecule has 1 aromatic heterocycles. The lowest BCUT2D eigenvalue weighted by Gasteiger charge is -2.20. The van der Waals surface area contributed by atoms with E-state index >= 15 is 0 Å². The molecule has 0 aliphatic heterocycles. The highest BCUT2D eigenvalue weighted by molar-refractivity contribution is 5.94. The fourth-order valence-electron chi connectivity index (χ4n) is 1.45. The highest BCUT2D eigenvalue weighted by Gasteiger charge is 2.16. The third kappa shape index (κ3) is 2.81. The van der Waals surface area contributed by atoms with Crippen LogP contribution in [0, 0.1) is 12.8 Å². The van der Waals surface area contributed by atoms with Gasteiger partial charge < -0.3 is 4.90 Å². The van der Waals surface area contributed by atoms with Crippen molar-refractivity contribution in [2.45, 2.75) is 27.2 Å². The molecule has 1 unspecified atom stereocenters. The number of aromatic amines is 1. The van der Waals surface area contributed by atoms with Gasteiger partial charge in [0, 0.05) is 19.3 Å². The molecule has 1 amide bonds. The normalized spacial score (nSPS) is 12.5. The van der Waals surface area contributed by atoms with Gasteiger partial charge in [0.1, 0.15) is 0 Å². The zero-order valence-corrected chi connectivity index (χ0v) is 9.87. The summed E-state index contributed by atoms with van der Waals surface area (Å²) in [5, 5.41) is 6.63. The van der Waals surface area contributed by atoms with Crippen LogP contribution in [-0.2, 0) is 0 Å². The second-order valence-electron chi connectivity index (χ2n) is 4.11. The molecule has 1 N–H and O–H groups in total. The number of rotatable bonds is 4. The molecule has 1 aromatic rings. The quantitative estimate of drug-likeness (QED) is 0.822. The minimum absolute atomic E-state index is 0.0431. The molecule has 0 bridgehead atoms. The Hall–Kier alpha value is -1.32. The topological polar surface area (TPSA) is 49.0 Å². The van der Waals surface area contributed by atoms with E-state index in [1.54, 1.807) is 11.1 Å². The van der Waals surface area contributed by atoms with Gasteiger partial charge in [-0.15, -0.1) is 0 Å². The van der Waals surface area contributed by atoms with Crippen LogP contribution in [0.15, 0.2) is 6.20 Å². The first-order valence-electron chi connectivity index (χ1n) is 5.31. The molecule has 0 radical (unpaired) electrons. The van der Waals surface area contributed by atoms with Crippen molar-refractivity contribution in [1.82, 2.24) is 15.1 Å². The summed E-state index contributed by atoms with van der Waals surface area (Å²) in [6, 6.07) is 0. The van der Waals surface area contributed by atoms with Crippen molar-refractivity contribution in [3.8, 4) is 0 Å². The van der Waals surface area contributed by atoms with Gasteiger partial charge in [-0.1, -0.05) is 20.3 Å². The summed E-state index contributed by atoms with van der Waals surface area (Å²) in [5.74, 6) is 0.577. The van der Waals surface area contributed by atoms with Crippen LogP contribution in [-0.4, -0.2) is 34.6 Å². The van der Waals surface area contributed by atoms with E-state index in [1.165, 1.54) is 0 Å². The van der Waals surface area contributed by atoms with Gasteiger partial charge in [0.05, 0.1) is 11.8 Å². The average Bonchev–Trinajstić information content (AvgIpc) is 2.63. The summed E-state index contributed by atoms with van der Waals surface area (Å²) in [5.41, 5.74) is 1.50. The number of hydrogen-bond donors (Lipinski definition) is 1. The number of hydrogen-bond acceptors (Lipinski definition) is 2. The molecular formula is C11H19N3O. The maximum atomic E-state index is 11.9. The van der Waals surface area contributed by atoms with Crippen LogP contribution in [0.1, 0.15) is 36.3 Å². The van der Waals surface area contributed by atoms with Crippen LogP contribution in [0.2, 0.25) is 0 Å². The Morgan fingerprint density at radius 2 is 2.33 bits per heavy atom. The van der Waals surface area contributed by atoms with Gasteiger partial charge in [0.25, 0.3) is 5.91 Å². The van der Waals surface area contributed by atoms with Crippen molar-refractivity contribution >= 4 is 5.91 Å². The highest BCUT2D eigenvalue weighted by atomic mass is 16.2. The number of nitrogens with zero attached hydrogens (tertiary/aromatic N) is 2. The van der Waals surface area contributed by atoms with Gasteiger partial charge in [-0.3, -0.25) is 9.89 Å². The highest BCUT2D eigenvalue weighted by Crippen LogP contribution is 2.09. The van der Waals surface area contributed by atoms with Gasteiger partial charge in [0.2, 0.25) is 0 Å². The van der Waals surface area contributed by atoms with Crippen molar-refractivity contribution in [2.24, 2.45) is 5.92 Å². The van der Waals surface area contributed by atoms with Crippen molar-refractivity contribution in [3.05, 3.63) is 17.5 Å². The monoisotopic (exact) mass is 209 g/mol. The Labute approximate surface area is 90.7 Å². The van der Waals surface area contributed by atoms with Gasteiger partial charge >= 0.3 is 0 Å². The molecule has 4 nitrogen and oxygen atoms in total. The molecule has 0 saturated carbocycles. The van der Waals surface area contributed by atoms with Crippen molar-refractivity contribution in [1.29, 1.82) is 0 Å². The molecule has 4 heteroatoms. The Bertz CT molecular complexity index is 332. The van der Waals surface area contributed by atoms with Crippen molar-refractivity contribution < 1.29 is 4.79 Å². The predicted octanol–water partition coefficient (Wildman–Crippen LogP) is 1.84. The zero-order chi connectivity index (χ0) is 11.4. The van der Waals surface area contributed by atoms with Gasteiger partial charge in [0.15, 0.2) is 0 Å². The second kappa shape index (κ2) is 4.96. The van der Waals surface area contributed by atoms with Gasteiger partial charge in [-0.05, 0) is 12.8 Å². The Morgan fingerprint density at radius 3 is 2.80 bits per heavy atom. The van der Waals surface area contributed by atoms with E-state index in [9.17, 15) is 4.79 Å². The van der Waals surface area contributed by atoms with E-state index < -0.39 is 0 Å². The van der Waals surface area contributed by atoms with Crippen LogP contribution in [0.3, 0.4) is 0 Å². The number of aromatic nitrogens is 2. The first kappa shape index (κ1) is 11.8. The molecule has 0 fully saturated rings. The minimum atomic E-state index is 0.0431. The largest absolute Gasteiger partial charge is 0.341 e. The molecule has 1 heterocycles. The van der Waals surface area contributed by atoms with E-state index in [-0.39, 0.29) is 5.91 Å². The number of amides is 1. The number of aryl methyl sites for hydroxylation is 1. The molecule has 0 aliphatic carbocycles. The molecule has 1 rings (SSSR count). The SMILES string of the molecule is CCC(C)CN(C)C(=O)c1cn[nH]c1C. The molecule has 0 aromatic carbocycles. The third-order valence-electron chi connectivity index (χ3n) is 2.69. The first-order chi connectivity index (χ1) is 7.06. The maximum absolute atomic E-state index is 11.9. The fraction of sp³-hybridized carbons (Fsp3) is 0.636. The van der Waals surface area contributed by atoms with Crippen molar-refractivity contribution in [2.75, 3.05) is 13.6 Å². The molecule has 1 atom stereocenters. The molecule has 0 aliphatic rings. The standard InChI is InChI=1S/C11H19N3O/c1-5-8(2)7-14(4)11(15)10-6-12-13-9(10)3/h6,8H,5,7H2,1-4H3,(H,12,13). The first-order valence-corrected chi connectivity index (χ1v) is 5.31.